The molecule has 0 fully saturated rings. The maximum Gasteiger partial charge on any atom is 0.251 e. The third-order valence-corrected chi connectivity index (χ3v) is 4.86. The minimum Gasteiger partial charge on any atom is -0.353 e. The third kappa shape index (κ3) is 5.24. The number of carbonyl (C=O) groups excluding carboxylic acids is 2. The second kappa shape index (κ2) is 9.66. The second-order valence-electron chi connectivity index (χ2n) is 6.75. The third-order valence-electron chi connectivity index (χ3n) is 4.55. The maximum atomic E-state index is 13.8. The van der Waals surface area contributed by atoms with Crippen LogP contribution in [0.5, 0.6) is 0 Å². The molecule has 0 spiro atoms. The first kappa shape index (κ1) is 22.4. The van der Waals surface area contributed by atoms with Crippen molar-refractivity contribution in [2.24, 2.45) is 0 Å². The second-order valence-corrected chi connectivity index (χ2v) is 7.15. The molecule has 2 N–H and O–H groups in total. The van der Waals surface area contributed by atoms with Crippen LogP contribution in [0.25, 0.3) is 0 Å². The smallest absolute Gasteiger partial charge is 0.251 e. The molecule has 0 aliphatic heterocycles. The van der Waals surface area contributed by atoms with Crippen molar-refractivity contribution in [1.29, 1.82) is 0 Å². The molecule has 0 aliphatic carbocycles. The van der Waals surface area contributed by atoms with E-state index in [1.807, 2.05) is 0 Å². The summed E-state index contributed by atoms with van der Waals surface area (Å²) in [6.07, 6.45) is 0. The molecule has 0 saturated heterocycles. The Labute approximate surface area is 182 Å². The summed E-state index contributed by atoms with van der Waals surface area (Å²) >= 11 is 6.29. The lowest BCUT2D eigenvalue weighted by atomic mass is 9.96. The minimum absolute atomic E-state index is 0.0550. The summed E-state index contributed by atoms with van der Waals surface area (Å²) in [5, 5.41) is 5.31. The van der Waals surface area contributed by atoms with Gasteiger partial charge in [-0.15, -0.1) is 0 Å². The van der Waals surface area contributed by atoms with Gasteiger partial charge in [0.2, 0.25) is 0 Å². The van der Waals surface area contributed by atoms with Gasteiger partial charge in [0.05, 0.1) is 10.7 Å². The first-order valence-electron chi connectivity index (χ1n) is 9.31. The molecule has 4 nitrogen and oxygen atoms in total. The van der Waals surface area contributed by atoms with Gasteiger partial charge in [0.15, 0.2) is 5.78 Å². The van der Waals surface area contributed by atoms with Crippen molar-refractivity contribution in [2.75, 3.05) is 18.5 Å². The number of amides is 1. The number of halogens is 4. The first-order chi connectivity index (χ1) is 14.8. The zero-order valence-corrected chi connectivity index (χ0v) is 17.2. The van der Waals surface area contributed by atoms with Crippen molar-refractivity contribution < 1.29 is 22.8 Å². The number of hydrogen-bond acceptors (Lipinski definition) is 3. The van der Waals surface area contributed by atoms with Gasteiger partial charge in [-0.2, -0.15) is 0 Å². The number of anilines is 2. The van der Waals surface area contributed by atoms with Crippen LogP contribution in [0.3, 0.4) is 0 Å². The molecule has 0 unspecified atom stereocenters. The predicted molar refractivity (Wildman–Crippen MR) is 114 cm³/mol. The topological polar surface area (TPSA) is 58.2 Å². The predicted octanol–water partition coefficient (Wildman–Crippen LogP) is 5.60. The highest BCUT2D eigenvalue weighted by atomic mass is 35.5. The average molecular weight is 447 g/mol. The first-order valence-corrected chi connectivity index (χ1v) is 9.69. The zero-order chi connectivity index (χ0) is 22.5. The Balaban J connectivity index is 1.86. The highest BCUT2D eigenvalue weighted by molar-refractivity contribution is 6.35. The Morgan fingerprint density at radius 2 is 1.74 bits per heavy atom. The molecular weight excluding hydrogens is 429 g/mol. The molecule has 0 aromatic heterocycles. The van der Waals surface area contributed by atoms with Crippen LogP contribution in [0.2, 0.25) is 5.02 Å². The molecule has 0 saturated carbocycles. The fourth-order valence-electron chi connectivity index (χ4n) is 2.94. The van der Waals surface area contributed by atoms with E-state index in [4.69, 9.17) is 11.6 Å². The number of alkyl halides is 1. The molecular formula is C23H18ClF3N2O2. The lowest BCUT2D eigenvalue weighted by Crippen LogP contribution is -2.25. The largest absolute Gasteiger partial charge is 0.353 e. The van der Waals surface area contributed by atoms with Crippen LogP contribution in [0.4, 0.5) is 24.5 Å². The Hall–Kier alpha value is -3.32. The van der Waals surface area contributed by atoms with Gasteiger partial charge in [-0.1, -0.05) is 17.7 Å². The van der Waals surface area contributed by atoms with E-state index in [-0.39, 0.29) is 33.9 Å². The van der Waals surface area contributed by atoms with Crippen LogP contribution in [0, 0.1) is 18.6 Å². The Morgan fingerprint density at radius 3 is 2.42 bits per heavy atom. The Morgan fingerprint density at radius 1 is 0.968 bits per heavy atom. The number of hydrogen-bond donors (Lipinski definition) is 2. The molecule has 0 heterocycles. The van der Waals surface area contributed by atoms with Gasteiger partial charge in [0.25, 0.3) is 5.91 Å². The van der Waals surface area contributed by atoms with Gasteiger partial charge in [-0.3, -0.25) is 9.59 Å². The van der Waals surface area contributed by atoms with Crippen molar-refractivity contribution in [3.8, 4) is 0 Å². The van der Waals surface area contributed by atoms with E-state index in [0.717, 1.165) is 12.1 Å². The van der Waals surface area contributed by atoms with Crippen LogP contribution in [0.1, 0.15) is 31.8 Å². The summed E-state index contributed by atoms with van der Waals surface area (Å²) in [5.41, 5.74) is 1.79. The maximum absolute atomic E-state index is 13.8. The summed E-state index contributed by atoms with van der Waals surface area (Å²) in [7, 11) is 0. The van der Waals surface area contributed by atoms with E-state index >= 15 is 0 Å². The summed E-state index contributed by atoms with van der Waals surface area (Å²) in [5.74, 6) is -2.35. The fraction of sp³-hybridized carbons (Fsp3) is 0.130. The lowest BCUT2D eigenvalue weighted by molar-refractivity contribution is 0.0951. The van der Waals surface area contributed by atoms with Crippen LogP contribution in [-0.4, -0.2) is 24.9 Å². The highest BCUT2D eigenvalue weighted by Crippen LogP contribution is 2.28. The SMILES string of the molecule is Cc1ccc(C(=O)NCCF)cc1C(=O)c1ccc(Nc2ccc(F)cc2F)cc1Cl. The van der Waals surface area contributed by atoms with E-state index in [9.17, 15) is 22.8 Å². The van der Waals surface area contributed by atoms with Gasteiger partial charge in [-0.05, 0) is 55.0 Å². The molecule has 160 valence electrons. The van der Waals surface area contributed by atoms with Crippen molar-refractivity contribution >= 4 is 34.7 Å². The Bertz CT molecular complexity index is 1150. The zero-order valence-electron chi connectivity index (χ0n) is 16.4. The highest BCUT2D eigenvalue weighted by Gasteiger charge is 2.18. The van der Waals surface area contributed by atoms with E-state index in [1.54, 1.807) is 19.1 Å². The summed E-state index contributed by atoms with van der Waals surface area (Å²) in [4.78, 5) is 25.1. The van der Waals surface area contributed by atoms with Gasteiger partial charge >= 0.3 is 0 Å². The molecule has 0 bridgehead atoms. The lowest BCUT2D eigenvalue weighted by Gasteiger charge is -2.12. The van der Waals surface area contributed by atoms with Gasteiger partial charge < -0.3 is 10.6 Å². The minimum atomic E-state index is -0.769. The monoisotopic (exact) mass is 446 g/mol. The van der Waals surface area contributed by atoms with E-state index in [1.165, 1.54) is 30.3 Å². The molecule has 3 rings (SSSR count). The number of ketones is 1. The van der Waals surface area contributed by atoms with Crippen molar-refractivity contribution in [2.45, 2.75) is 6.92 Å². The van der Waals surface area contributed by atoms with Crippen molar-refractivity contribution in [1.82, 2.24) is 5.32 Å². The van der Waals surface area contributed by atoms with Crippen LogP contribution < -0.4 is 10.6 Å². The molecule has 3 aromatic rings. The molecule has 31 heavy (non-hydrogen) atoms. The molecule has 1 amide bonds. The van der Waals surface area contributed by atoms with Crippen LogP contribution in [-0.2, 0) is 0 Å². The van der Waals surface area contributed by atoms with Crippen molar-refractivity contribution in [3.05, 3.63) is 93.5 Å². The normalized spacial score (nSPS) is 10.6. The number of carbonyl (C=O) groups is 2. The van der Waals surface area contributed by atoms with Gasteiger partial charge in [0, 0.05) is 35.0 Å². The summed E-state index contributed by atoms with van der Waals surface area (Å²) in [6.45, 7) is 0.907. The van der Waals surface area contributed by atoms with Crippen LogP contribution >= 0.6 is 11.6 Å². The number of aryl methyl sites for hydroxylation is 1. The van der Waals surface area contributed by atoms with E-state index < -0.39 is 30.0 Å². The van der Waals surface area contributed by atoms with E-state index in [0.29, 0.717) is 11.3 Å². The molecule has 0 radical (unpaired) electrons. The number of nitrogens with one attached hydrogen (secondary N) is 2. The number of benzene rings is 3. The van der Waals surface area contributed by atoms with Gasteiger partial charge in [-0.25, -0.2) is 13.2 Å². The number of rotatable bonds is 7. The average Bonchev–Trinajstić information content (AvgIpc) is 2.74. The summed E-state index contributed by atoms with van der Waals surface area (Å²) in [6, 6.07) is 12.2. The van der Waals surface area contributed by atoms with E-state index in [2.05, 4.69) is 10.6 Å². The molecule has 0 aliphatic rings. The quantitative estimate of drug-likeness (QED) is 0.464. The van der Waals surface area contributed by atoms with Crippen molar-refractivity contribution in [3.63, 3.8) is 0 Å². The molecule has 3 aromatic carbocycles. The summed E-state index contributed by atoms with van der Waals surface area (Å²) < 4.78 is 39.2. The molecule has 0 atom stereocenters. The standard InChI is InChI=1S/C23H18ClF3N2O2/c1-13-2-3-14(23(31)28-9-8-25)10-18(13)22(30)17-6-5-16(12-19(17)24)29-21-7-4-15(26)11-20(21)27/h2-7,10-12,29H,8-9H2,1H3,(H,28,31). The van der Waals surface area contributed by atoms with Crippen LogP contribution in [0.15, 0.2) is 54.6 Å². The Kier molecular flexibility index (Phi) is 6.97. The molecule has 8 heteroatoms. The fourth-order valence-corrected chi connectivity index (χ4v) is 3.21. The van der Waals surface area contributed by atoms with Gasteiger partial charge in [0.1, 0.15) is 18.3 Å².